The van der Waals surface area contributed by atoms with Crippen molar-refractivity contribution >= 4 is 0 Å². The summed E-state index contributed by atoms with van der Waals surface area (Å²) in [5.74, 6) is 0. The van der Waals surface area contributed by atoms with Crippen molar-refractivity contribution < 1.29 is 0 Å². The third-order valence-corrected chi connectivity index (χ3v) is 2.91. The SMILES string of the molecule is CCCCCCCCCCCC(C)(C)[NH]. The maximum atomic E-state index is 7.72. The van der Waals surface area contributed by atoms with Crippen LogP contribution >= 0.6 is 0 Å². The Hall–Kier alpha value is -0.0400. The molecule has 0 aliphatic carbocycles. The van der Waals surface area contributed by atoms with Gasteiger partial charge in [-0.2, -0.15) is 0 Å². The van der Waals surface area contributed by atoms with E-state index in [0.29, 0.717) is 0 Å². The Labute approximate surface area is 96.8 Å². The summed E-state index contributed by atoms with van der Waals surface area (Å²) in [7, 11) is 0. The zero-order valence-corrected chi connectivity index (χ0v) is 11.1. The molecule has 0 heterocycles. The van der Waals surface area contributed by atoms with Gasteiger partial charge in [-0.3, -0.25) is 5.73 Å². The molecule has 0 unspecified atom stereocenters. The molecule has 0 aromatic heterocycles. The maximum absolute atomic E-state index is 7.72. The molecule has 0 bridgehead atoms. The van der Waals surface area contributed by atoms with Gasteiger partial charge in [0.25, 0.3) is 0 Å². The van der Waals surface area contributed by atoms with Crippen LogP contribution in [0.25, 0.3) is 0 Å². The molecule has 0 rings (SSSR count). The Balaban J connectivity index is 2.99. The molecule has 0 spiro atoms. The average Bonchev–Trinajstić information content (AvgIpc) is 2.14. The smallest absolute Gasteiger partial charge is 0.0267 e. The molecule has 1 heteroatoms. The molecule has 0 saturated heterocycles. The van der Waals surface area contributed by atoms with Gasteiger partial charge in [0.05, 0.1) is 0 Å². The van der Waals surface area contributed by atoms with Crippen LogP contribution in [0, 0.1) is 0 Å². The van der Waals surface area contributed by atoms with Crippen molar-refractivity contribution in [3.63, 3.8) is 0 Å². The summed E-state index contributed by atoms with van der Waals surface area (Å²) in [5, 5.41) is 0. The van der Waals surface area contributed by atoms with E-state index in [1.54, 1.807) is 0 Å². The van der Waals surface area contributed by atoms with E-state index in [9.17, 15) is 0 Å². The molecular formula is C14H30N. The second kappa shape index (κ2) is 9.21. The second-order valence-corrected chi connectivity index (χ2v) is 5.46. The van der Waals surface area contributed by atoms with Crippen LogP contribution in [0.4, 0.5) is 0 Å². The number of hydrogen-bond acceptors (Lipinski definition) is 0. The van der Waals surface area contributed by atoms with Crippen LogP contribution in [-0.4, -0.2) is 5.54 Å². The fraction of sp³-hybridized carbons (Fsp3) is 1.00. The van der Waals surface area contributed by atoms with E-state index in [4.69, 9.17) is 5.73 Å². The third kappa shape index (κ3) is 14.0. The summed E-state index contributed by atoms with van der Waals surface area (Å²) >= 11 is 0. The highest BCUT2D eigenvalue weighted by atomic mass is 14.7. The van der Waals surface area contributed by atoms with E-state index >= 15 is 0 Å². The summed E-state index contributed by atoms with van der Waals surface area (Å²) in [5.41, 5.74) is 7.52. The topological polar surface area (TPSA) is 23.8 Å². The Morgan fingerprint density at radius 2 is 1.13 bits per heavy atom. The highest BCUT2D eigenvalue weighted by Crippen LogP contribution is 2.14. The first kappa shape index (κ1) is 15.0. The molecule has 0 aromatic carbocycles. The fourth-order valence-corrected chi connectivity index (χ4v) is 1.88. The number of hydrogen-bond donors (Lipinski definition) is 0. The van der Waals surface area contributed by atoms with Gasteiger partial charge < -0.3 is 0 Å². The first-order chi connectivity index (χ1) is 7.06. The summed E-state index contributed by atoms with van der Waals surface area (Å²) in [6, 6.07) is 0. The second-order valence-electron chi connectivity index (χ2n) is 5.46. The Morgan fingerprint density at radius 3 is 1.53 bits per heavy atom. The molecule has 0 aliphatic heterocycles. The normalized spacial score (nSPS) is 12.0. The highest BCUT2D eigenvalue weighted by Gasteiger charge is 2.09. The fourth-order valence-electron chi connectivity index (χ4n) is 1.88. The van der Waals surface area contributed by atoms with Crippen LogP contribution in [0.1, 0.15) is 85.0 Å². The highest BCUT2D eigenvalue weighted by molar-refractivity contribution is 4.69. The Morgan fingerprint density at radius 1 is 0.733 bits per heavy atom. The van der Waals surface area contributed by atoms with Crippen molar-refractivity contribution in [3.8, 4) is 0 Å². The van der Waals surface area contributed by atoms with Crippen molar-refractivity contribution in [1.82, 2.24) is 5.73 Å². The van der Waals surface area contributed by atoms with Crippen molar-refractivity contribution in [2.75, 3.05) is 0 Å². The lowest BCUT2D eigenvalue weighted by Gasteiger charge is -2.16. The number of unbranched alkanes of at least 4 members (excludes halogenated alkanes) is 8. The summed E-state index contributed by atoms with van der Waals surface area (Å²) in [6.45, 7) is 6.29. The summed E-state index contributed by atoms with van der Waals surface area (Å²) in [6.07, 6.45) is 13.4. The zero-order valence-electron chi connectivity index (χ0n) is 11.1. The van der Waals surface area contributed by atoms with Crippen LogP contribution in [0.2, 0.25) is 0 Å². The molecular weight excluding hydrogens is 182 g/mol. The average molecular weight is 212 g/mol. The van der Waals surface area contributed by atoms with Crippen molar-refractivity contribution in [1.29, 1.82) is 0 Å². The van der Waals surface area contributed by atoms with Gasteiger partial charge in [0.15, 0.2) is 0 Å². The minimum atomic E-state index is -0.207. The zero-order chi connectivity index (χ0) is 11.6. The van der Waals surface area contributed by atoms with Gasteiger partial charge in [-0.1, -0.05) is 64.7 Å². The van der Waals surface area contributed by atoms with Gasteiger partial charge in [-0.15, -0.1) is 0 Å². The molecule has 91 valence electrons. The molecule has 0 fully saturated rings. The maximum Gasteiger partial charge on any atom is 0.0267 e. The number of nitrogens with one attached hydrogen (secondary N) is 1. The predicted molar refractivity (Wildman–Crippen MR) is 69.0 cm³/mol. The lowest BCUT2D eigenvalue weighted by atomic mass is 9.97. The van der Waals surface area contributed by atoms with E-state index in [-0.39, 0.29) is 5.54 Å². The lowest BCUT2D eigenvalue weighted by molar-refractivity contribution is 0.427. The van der Waals surface area contributed by atoms with Crippen molar-refractivity contribution in [2.45, 2.75) is 90.5 Å². The number of rotatable bonds is 10. The van der Waals surface area contributed by atoms with E-state index in [1.165, 1.54) is 57.8 Å². The van der Waals surface area contributed by atoms with E-state index in [2.05, 4.69) is 6.92 Å². The minimum Gasteiger partial charge on any atom is -0.252 e. The quantitative estimate of drug-likeness (QED) is 0.457. The minimum absolute atomic E-state index is 0.207. The van der Waals surface area contributed by atoms with E-state index < -0.39 is 0 Å². The first-order valence-corrected chi connectivity index (χ1v) is 6.81. The third-order valence-electron chi connectivity index (χ3n) is 2.91. The van der Waals surface area contributed by atoms with Crippen molar-refractivity contribution in [3.05, 3.63) is 0 Å². The molecule has 0 amide bonds. The van der Waals surface area contributed by atoms with E-state index in [1.807, 2.05) is 13.8 Å². The van der Waals surface area contributed by atoms with Gasteiger partial charge in [-0.25, -0.2) is 0 Å². The molecule has 1 radical (unpaired) electrons. The van der Waals surface area contributed by atoms with Crippen molar-refractivity contribution in [2.24, 2.45) is 0 Å². The summed E-state index contributed by atoms with van der Waals surface area (Å²) < 4.78 is 0. The molecule has 0 atom stereocenters. The largest absolute Gasteiger partial charge is 0.252 e. The van der Waals surface area contributed by atoms with Crippen LogP contribution in [0.5, 0.6) is 0 Å². The molecule has 1 nitrogen and oxygen atoms in total. The Kier molecular flexibility index (Phi) is 9.18. The molecule has 1 N–H and O–H groups in total. The first-order valence-electron chi connectivity index (χ1n) is 6.81. The standard InChI is InChI=1S/C14H30N/c1-4-5-6-7-8-9-10-11-12-13-14(2,3)15/h15H,4-13H2,1-3H3. The monoisotopic (exact) mass is 212 g/mol. The summed E-state index contributed by atoms with van der Waals surface area (Å²) in [4.78, 5) is 0. The van der Waals surface area contributed by atoms with Crippen LogP contribution in [-0.2, 0) is 0 Å². The van der Waals surface area contributed by atoms with Gasteiger partial charge >= 0.3 is 0 Å². The molecule has 15 heavy (non-hydrogen) atoms. The predicted octanol–water partition coefficient (Wildman–Crippen LogP) is 4.97. The van der Waals surface area contributed by atoms with Crippen LogP contribution in [0.15, 0.2) is 0 Å². The van der Waals surface area contributed by atoms with Gasteiger partial charge in [0.1, 0.15) is 0 Å². The van der Waals surface area contributed by atoms with Crippen LogP contribution in [0.3, 0.4) is 0 Å². The molecule has 0 saturated carbocycles. The van der Waals surface area contributed by atoms with Gasteiger partial charge in [0.2, 0.25) is 0 Å². The van der Waals surface area contributed by atoms with E-state index in [0.717, 1.165) is 6.42 Å². The Bertz CT molecular complexity index is 124. The molecule has 0 aliphatic rings. The van der Waals surface area contributed by atoms with Gasteiger partial charge in [-0.05, 0) is 20.3 Å². The van der Waals surface area contributed by atoms with Crippen LogP contribution < -0.4 is 5.73 Å². The molecule has 0 aromatic rings. The lowest BCUT2D eigenvalue weighted by Crippen LogP contribution is -2.20. The van der Waals surface area contributed by atoms with Gasteiger partial charge in [0, 0.05) is 5.54 Å².